The van der Waals surface area contributed by atoms with E-state index >= 15 is 0 Å². The number of benzene rings is 1. The molecule has 0 radical (unpaired) electrons. The van der Waals surface area contributed by atoms with E-state index < -0.39 is 0 Å². The monoisotopic (exact) mass is 348 g/mol. The fourth-order valence-corrected chi connectivity index (χ4v) is 2.78. The van der Waals surface area contributed by atoms with Crippen LogP contribution < -0.4 is 15.0 Å². The number of nitrogens with zero attached hydrogens (tertiary/aromatic N) is 3. The minimum absolute atomic E-state index is 0.00334. The second-order valence-electron chi connectivity index (χ2n) is 5.75. The van der Waals surface area contributed by atoms with Crippen LogP contribution in [0.15, 0.2) is 24.3 Å². The van der Waals surface area contributed by atoms with Gasteiger partial charge >= 0.3 is 0 Å². The molecule has 0 saturated carbocycles. The minimum Gasteiger partial charge on any atom is -0.497 e. The molecule has 1 heterocycles. The van der Waals surface area contributed by atoms with E-state index in [1.54, 1.807) is 7.11 Å². The molecule has 7 heteroatoms. The number of carbonyl (C=O) groups is 1. The molecule has 0 aliphatic rings. The van der Waals surface area contributed by atoms with Crippen LogP contribution in [-0.4, -0.2) is 42.0 Å². The number of anilines is 1. The van der Waals surface area contributed by atoms with Crippen LogP contribution in [0.1, 0.15) is 31.7 Å². The van der Waals surface area contributed by atoms with Crippen LogP contribution in [-0.2, 0) is 11.2 Å². The molecule has 1 aromatic carbocycles. The predicted octanol–water partition coefficient (Wildman–Crippen LogP) is 2.49. The zero-order valence-electron chi connectivity index (χ0n) is 14.6. The average molecular weight is 348 g/mol. The Labute approximate surface area is 147 Å². The number of rotatable bonds is 8. The Hall–Kier alpha value is -2.15. The fraction of sp³-hybridized carbons (Fsp3) is 0.471. The summed E-state index contributed by atoms with van der Waals surface area (Å²) in [5.74, 6) is 1.57. The minimum atomic E-state index is -0.00334. The van der Waals surface area contributed by atoms with Crippen LogP contribution in [0.3, 0.4) is 0 Å². The number of ether oxygens (including phenoxy) is 1. The first-order valence-electron chi connectivity index (χ1n) is 7.97. The molecule has 1 atom stereocenters. The number of amides is 1. The molecule has 0 aliphatic carbocycles. The summed E-state index contributed by atoms with van der Waals surface area (Å²) in [6.45, 7) is 4.32. The highest BCUT2D eigenvalue weighted by atomic mass is 32.1. The second-order valence-corrected chi connectivity index (χ2v) is 6.48. The summed E-state index contributed by atoms with van der Waals surface area (Å²) in [5.41, 5.74) is 1.09. The quantitative estimate of drug-likeness (QED) is 0.794. The number of carbonyl (C=O) groups excluding carboxylic acids is 1. The van der Waals surface area contributed by atoms with Gasteiger partial charge in [0.2, 0.25) is 11.0 Å². The van der Waals surface area contributed by atoms with Crippen LogP contribution in [0.2, 0.25) is 0 Å². The van der Waals surface area contributed by atoms with Crippen LogP contribution in [0.5, 0.6) is 5.75 Å². The van der Waals surface area contributed by atoms with Crippen molar-refractivity contribution in [3.8, 4) is 5.75 Å². The fourth-order valence-electron chi connectivity index (χ4n) is 2.14. The van der Waals surface area contributed by atoms with Gasteiger partial charge in [0.15, 0.2) is 0 Å². The summed E-state index contributed by atoms with van der Waals surface area (Å²) in [6, 6.07) is 8.04. The van der Waals surface area contributed by atoms with Crippen molar-refractivity contribution in [1.82, 2.24) is 14.7 Å². The zero-order chi connectivity index (χ0) is 17.5. The van der Waals surface area contributed by atoms with Gasteiger partial charge in [0.05, 0.1) is 13.7 Å². The molecule has 1 aromatic heterocycles. The molecule has 6 nitrogen and oxygen atoms in total. The number of likely N-dealkylation sites (N-methyl/N-ethyl adjacent to an activating group) is 1. The average Bonchev–Trinajstić information content (AvgIpc) is 3.03. The van der Waals surface area contributed by atoms with Gasteiger partial charge < -0.3 is 15.0 Å². The van der Waals surface area contributed by atoms with E-state index in [1.807, 2.05) is 50.1 Å². The maximum absolute atomic E-state index is 12.0. The lowest BCUT2D eigenvalue weighted by molar-refractivity contribution is -0.120. The highest BCUT2D eigenvalue weighted by Crippen LogP contribution is 2.19. The summed E-state index contributed by atoms with van der Waals surface area (Å²) in [6.07, 6.45) is 1.56. The van der Waals surface area contributed by atoms with Crippen molar-refractivity contribution in [2.45, 2.75) is 32.7 Å². The molecule has 1 N–H and O–H groups in total. The molecule has 130 valence electrons. The van der Waals surface area contributed by atoms with Crippen molar-refractivity contribution in [3.05, 3.63) is 35.7 Å². The SMILES string of the molecule is CCC(C)NC(=O)CN(C)c1nc(Cc2cccc(OC)c2)ns1. The molecule has 24 heavy (non-hydrogen) atoms. The topological polar surface area (TPSA) is 67.4 Å². The van der Waals surface area contributed by atoms with E-state index in [1.165, 1.54) is 11.5 Å². The van der Waals surface area contributed by atoms with Gasteiger partial charge in [-0.05, 0) is 31.0 Å². The van der Waals surface area contributed by atoms with Crippen LogP contribution >= 0.6 is 11.5 Å². The normalized spacial score (nSPS) is 11.8. The number of nitrogens with one attached hydrogen (secondary N) is 1. The number of aromatic nitrogens is 2. The molecule has 1 unspecified atom stereocenters. The molecule has 1 amide bonds. The maximum Gasteiger partial charge on any atom is 0.239 e. The van der Waals surface area contributed by atoms with Crippen LogP contribution in [0.25, 0.3) is 0 Å². The van der Waals surface area contributed by atoms with E-state index in [-0.39, 0.29) is 18.5 Å². The van der Waals surface area contributed by atoms with Crippen molar-refractivity contribution in [3.63, 3.8) is 0 Å². The van der Waals surface area contributed by atoms with Crippen molar-refractivity contribution in [2.75, 3.05) is 25.6 Å². The number of hydrogen-bond donors (Lipinski definition) is 1. The van der Waals surface area contributed by atoms with Gasteiger partial charge in [-0.3, -0.25) is 4.79 Å². The first kappa shape index (κ1) is 18.2. The third kappa shape index (κ3) is 5.19. The highest BCUT2D eigenvalue weighted by Gasteiger charge is 2.14. The lowest BCUT2D eigenvalue weighted by atomic mass is 10.1. The maximum atomic E-state index is 12.0. The number of methoxy groups -OCH3 is 1. The summed E-state index contributed by atoms with van der Waals surface area (Å²) in [5, 5.41) is 3.69. The molecule has 0 aliphatic heterocycles. The third-order valence-corrected chi connectivity index (χ3v) is 4.55. The summed E-state index contributed by atoms with van der Waals surface area (Å²) in [4.78, 5) is 18.3. The zero-order valence-corrected chi connectivity index (χ0v) is 15.4. The Kier molecular flexibility index (Phi) is 6.54. The van der Waals surface area contributed by atoms with Gasteiger partial charge in [-0.2, -0.15) is 4.37 Å². The number of hydrogen-bond acceptors (Lipinski definition) is 6. The van der Waals surface area contributed by atoms with Gasteiger partial charge in [0, 0.05) is 31.0 Å². The molecular weight excluding hydrogens is 324 g/mol. The van der Waals surface area contributed by atoms with Gasteiger partial charge in [0.1, 0.15) is 11.6 Å². The summed E-state index contributed by atoms with van der Waals surface area (Å²) >= 11 is 1.31. The largest absolute Gasteiger partial charge is 0.497 e. The summed E-state index contributed by atoms with van der Waals surface area (Å²) in [7, 11) is 3.50. The van der Waals surface area contributed by atoms with Crippen LogP contribution in [0.4, 0.5) is 5.13 Å². The molecule has 0 fully saturated rings. The van der Waals surface area contributed by atoms with Crippen molar-refractivity contribution in [2.24, 2.45) is 0 Å². The van der Waals surface area contributed by atoms with Gasteiger partial charge in [0.25, 0.3) is 0 Å². The van der Waals surface area contributed by atoms with Crippen molar-refractivity contribution >= 4 is 22.6 Å². The molecule has 0 saturated heterocycles. The molecule has 2 aromatic rings. The Morgan fingerprint density at radius 3 is 2.96 bits per heavy atom. The van der Waals surface area contributed by atoms with Crippen molar-refractivity contribution < 1.29 is 9.53 Å². The Bertz CT molecular complexity index is 674. The van der Waals surface area contributed by atoms with E-state index in [0.29, 0.717) is 6.42 Å². The Morgan fingerprint density at radius 1 is 1.46 bits per heavy atom. The first-order valence-corrected chi connectivity index (χ1v) is 8.75. The lowest BCUT2D eigenvalue weighted by Crippen LogP contribution is -2.39. The highest BCUT2D eigenvalue weighted by molar-refractivity contribution is 7.09. The van der Waals surface area contributed by atoms with Gasteiger partial charge in [-0.1, -0.05) is 19.1 Å². The predicted molar refractivity (Wildman–Crippen MR) is 96.9 cm³/mol. The smallest absolute Gasteiger partial charge is 0.239 e. The summed E-state index contributed by atoms with van der Waals surface area (Å²) < 4.78 is 9.62. The Balaban J connectivity index is 1.95. The van der Waals surface area contributed by atoms with Gasteiger partial charge in [-0.25, -0.2) is 4.98 Å². The lowest BCUT2D eigenvalue weighted by Gasteiger charge is -2.17. The van der Waals surface area contributed by atoms with Gasteiger partial charge in [-0.15, -0.1) is 0 Å². The molecular formula is C17H24N4O2S. The van der Waals surface area contributed by atoms with E-state index in [0.717, 1.165) is 28.7 Å². The molecule has 0 bridgehead atoms. The Morgan fingerprint density at radius 2 is 2.25 bits per heavy atom. The van der Waals surface area contributed by atoms with E-state index in [4.69, 9.17) is 4.74 Å². The second kappa shape index (κ2) is 8.63. The first-order chi connectivity index (χ1) is 11.5. The third-order valence-electron chi connectivity index (χ3n) is 3.68. The van der Waals surface area contributed by atoms with Crippen molar-refractivity contribution in [1.29, 1.82) is 0 Å². The van der Waals surface area contributed by atoms with E-state index in [9.17, 15) is 4.79 Å². The van der Waals surface area contributed by atoms with E-state index in [2.05, 4.69) is 14.7 Å². The molecule has 0 spiro atoms. The van der Waals surface area contributed by atoms with Crippen LogP contribution in [0, 0.1) is 0 Å². The molecule has 2 rings (SSSR count). The standard InChI is InChI=1S/C17H24N4O2S/c1-5-12(2)18-16(22)11-21(3)17-19-15(20-24-17)10-13-7-6-8-14(9-13)23-4/h6-9,12H,5,10-11H2,1-4H3,(H,18,22).